The van der Waals surface area contributed by atoms with E-state index in [1.165, 1.54) is 244 Å². The van der Waals surface area contributed by atoms with Crippen molar-refractivity contribution in [3.63, 3.8) is 0 Å². The summed E-state index contributed by atoms with van der Waals surface area (Å²) in [6, 6.07) is 0. The first kappa shape index (κ1) is 98.1. The van der Waals surface area contributed by atoms with Crippen molar-refractivity contribution < 1.29 is 80.2 Å². The van der Waals surface area contributed by atoms with Gasteiger partial charge in [0, 0.05) is 25.7 Å². The number of ether oxygens (including phenoxy) is 4. The van der Waals surface area contributed by atoms with Crippen molar-refractivity contribution in [2.24, 2.45) is 11.8 Å². The second-order valence-electron chi connectivity index (χ2n) is 29.9. The van der Waals surface area contributed by atoms with Crippen LogP contribution in [0.5, 0.6) is 0 Å². The van der Waals surface area contributed by atoms with Crippen LogP contribution in [0.4, 0.5) is 0 Å². The predicted octanol–water partition coefficient (Wildman–Crippen LogP) is 24.3. The summed E-state index contributed by atoms with van der Waals surface area (Å²) in [5.74, 6) is -0.616. The van der Waals surface area contributed by atoms with E-state index < -0.39 is 97.5 Å². The molecule has 3 N–H and O–H groups in total. The van der Waals surface area contributed by atoms with Gasteiger partial charge in [0.25, 0.3) is 0 Å². The molecular weight excluding hydrogens is 1310 g/mol. The highest BCUT2D eigenvalue weighted by molar-refractivity contribution is 7.47. The fraction of sp³-hybridized carbons (Fsp3) is 0.951. The van der Waals surface area contributed by atoms with E-state index in [0.717, 1.165) is 102 Å². The summed E-state index contributed by atoms with van der Waals surface area (Å²) < 4.78 is 68.7. The van der Waals surface area contributed by atoms with Gasteiger partial charge in [-0.2, -0.15) is 0 Å². The van der Waals surface area contributed by atoms with E-state index in [-0.39, 0.29) is 25.7 Å². The Kier molecular flexibility index (Phi) is 71.2. The van der Waals surface area contributed by atoms with E-state index >= 15 is 0 Å². The lowest BCUT2D eigenvalue weighted by molar-refractivity contribution is -0.161. The van der Waals surface area contributed by atoms with Crippen molar-refractivity contribution in [3.05, 3.63) is 0 Å². The molecule has 0 fully saturated rings. The standard InChI is InChI=1S/C81H158O17P2/c1-7-10-12-14-16-18-20-22-24-25-26-27-28-29-30-32-34-36-38-47-53-59-65-80(85)97-76(69-91-78(83)63-57-51-45-37-35-33-31-23-21-19-17-15-13-11-8-2)71-95-99(87,88)93-67-75(82)68-94-100(89,90)96-72-77(70-92-79(84)64-58-52-46-41-39-43-49-55-61-73(4)5)98-81(86)66-60-54-48-42-40-44-50-56-62-74(6)9-3/h73-77,82H,7-72H2,1-6H3,(H,87,88)(H,89,90)/t74?,75-,76-,77-/m1/s1. The van der Waals surface area contributed by atoms with Crippen LogP contribution in [-0.2, 0) is 65.4 Å². The molecule has 0 spiro atoms. The van der Waals surface area contributed by atoms with Gasteiger partial charge in [-0.1, -0.05) is 375 Å². The zero-order valence-electron chi connectivity index (χ0n) is 65.5. The zero-order valence-corrected chi connectivity index (χ0v) is 67.3. The van der Waals surface area contributed by atoms with E-state index in [1.54, 1.807) is 0 Å². The molecule has 0 bridgehead atoms. The SMILES string of the molecule is CCCCCCCCCCCCCCCCCCCCCCCCC(=O)O[C@H](COC(=O)CCCCCCCCCCCCCCCCC)COP(=O)(O)OC[C@@H](O)COP(=O)(O)OC[C@@H](COC(=O)CCCCCCCCCCC(C)C)OC(=O)CCCCCCCCCCC(C)CC. The summed E-state index contributed by atoms with van der Waals surface area (Å²) >= 11 is 0. The highest BCUT2D eigenvalue weighted by atomic mass is 31.2. The van der Waals surface area contributed by atoms with Gasteiger partial charge < -0.3 is 33.8 Å². The molecule has 6 atom stereocenters. The van der Waals surface area contributed by atoms with Crippen molar-refractivity contribution in [2.75, 3.05) is 39.6 Å². The van der Waals surface area contributed by atoms with Gasteiger partial charge in [-0.3, -0.25) is 37.3 Å². The number of carbonyl (C=O) groups excluding carboxylic acids is 4. The highest BCUT2D eigenvalue weighted by Crippen LogP contribution is 2.45. The van der Waals surface area contributed by atoms with Gasteiger partial charge in [-0.15, -0.1) is 0 Å². The molecule has 19 heteroatoms. The third kappa shape index (κ3) is 73.0. The second kappa shape index (κ2) is 72.6. The van der Waals surface area contributed by atoms with Gasteiger partial charge in [0.05, 0.1) is 26.4 Å². The maximum atomic E-state index is 13.1. The molecule has 0 saturated carbocycles. The maximum Gasteiger partial charge on any atom is 0.472 e. The number of phosphoric acid groups is 2. The minimum atomic E-state index is -4.96. The first-order chi connectivity index (χ1) is 48.4. The molecular formula is C81H158O17P2. The van der Waals surface area contributed by atoms with Crippen LogP contribution < -0.4 is 0 Å². The van der Waals surface area contributed by atoms with E-state index in [0.29, 0.717) is 25.7 Å². The molecule has 0 heterocycles. The van der Waals surface area contributed by atoms with E-state index in [4.69, 9.17) is 37.0 Å². The Hall–Kier alpha value is -1.94. The number of aliphatic hydroxyl groups excluding tert-OH is 1. The molecule has 3 unspecified atom stereocenters. The largest absolute Gasteiger partial charge is 0.472 e. The highest BCUT2D eigenvalue weighted by Gasteiger charge is 2.30. The van der Waals surface area contributed by atoms with Gasteiger partial charge in [-0.05, 0) is 37.5 Å². The van der Waals surface area contributed by atoms with Crippen molar-refractivity contribution >= 4 is 39.5 Å². The first-order valence-corrected chi connectivity index (χ1v) is 45.0. The third-order valence-electron chi connectivity index (χ3n) is 19.3. The molecule has 594 valence electrons. The lowest BCUT2D eigenvalue weighted by Crippen LogP contribution is -2.30. The number of carbonyl (C=O) groups is 4. The average molecular weight is 1470 g/mol. The smallest absolute Gasteiger partial charge is 0.462 e. The van der Waals surface area contributed by atoms with Crippen LogP contribution in [0.1, 0.15) is 427 Å². The van der Waals surface area contributed by atoms with Gasteiger partial charge in [-0.25, -0.2) is 9.13 Å². The summed E-state index contributed by atoms with van der Waals surface area (Å²) in [5.41, 5.74) is 0. The Labute approximate surface area is 613 Å². The third-order valence-corrected chi connectivity index (χ3v) is 21.2. The predicted molar refractivity (Wildman–Crippen MR) is 409 cm³/mol. The molecule has 0 aliphatic heterocycles. The quantitative estimate of drug-likeness (QED) is 0.0222. The molecule has 0 aliphatic carbocycles. The molecule has 0 aromatic rings. The topological polar surface area (TPSA) is 237 Å². The van der Waals surface area contributed by atoms with Gasteiger partial charge in [0.2, 0.25) is 0 Å². The van der Waals surface area contributed by atoms with Crippen molar-refractivity contribution in [2.45, 2.75) is 445 Å². The molecule has 0 radical (unpaired) electrons. The van der Waals surface area contributed by atoms with Gasteiger partial charge in [0.1, 0.15) is 19.3 Å². The van der Waals surface area contributed by atoms with Crippen LogP contribution in [0.2, 0.25) is 0 Å². The van der Waals surface area contributed by atoms with Gasteiger partial charge in [0.15, 0.2) is 12.2 Å². The van der Waals surface area contributed by atoms with Crippen LogP contribution in [0.15, 0.2) is 0 Å². The van der Waals surface area contributed by atoms with E-state index in [1.807, 2.05) is 0 Å². The Morgan fingerprint density at radius 1 is 0.290 bits per heavy atom. The zero-order chi connectivity index (χ0) is 73.5. The molecule has 0 amide bonds. The minimum absolute atomic E-state index is 0.105. The number of phosphoric ester groups is 2. The Morgan fingerprint density at radius 3 is 0.760 bits per heavy atom. The molecule has 0 aliphatic rings. The molecule has 0 saturated heterocycles. The fourth-order valence-corrected chi connectivity index (χ4v) is 14.1. The molecule has 0 aromatic heterocycles. The molecule has 0 aromatic carbocycles. The fourth-order valence-electron chi connectivity index (χ4n) is 12.5. The van der Waals surface area contributed by atoms with Gasteiger partial charge >= 0.3 is 39.5 Å². The maximum absolute atomic E-state index is 13.1. The summed E-state index contributed by atoms with van der Waals surface area (Å²) in [4.78, 5) is 73.0. The summed E-state index contributed by atoms with van der Waals surface area (Å²) in [7, 11) is -9.92. The van der Waals surface area contributed by atoms with Crippen molar-refractivity contribution in [1.29, 1.82) is 0 Å². The van der Waals surface area contributed by atoms with Crippen LogP contribution in [0.3, 0.4) is 0 Å². The Bertz CT molecular complexity index is 1930. The number of hydrogen-bond acceptors (Lipinski definition) is 15. The molecule has 100 heavy (non-hydrogen) atoms. The summed E-state index contributed by atoms with van der Waals surface area (Å²) in [6.07, 6.45) is 62.6. The summed E-state index contributed by atoms with van der Waals surface area (Å²) in [6.45, 7) is 9.59. The van der Waals surface area contributed by atoms with Crippen LogP contribution in [0.25, 0.3) is 0 Å². The van der Waals surface area contributed by atoms with E-state index in [2.05, 4.69) is 41.5 Å². The van der Waals surface area contributed by atoms with Crippen LogP contribution in [0, 0.1) is 11.8 Å². The second-order valence-corrected chi connectivity index (χ2v) is 32.8. The number of esters is 4. The average Bonchev–Trinajstić information content (AvgIpc) is 0.925. The number of aliphatic hydroxyl groups is 1. The molecule has 17 nitrogen and oxygen atoms in total. The van der Waals surface area contributed by atoms with Crippen LogP contribution in [-0.4, -0.2) is 96.7 Å². The monoisotopic (exact) mass is 1470 g/mol. The number of rotatable bonds is 80. The lowest BCUT2D eigenvalue weighted by atomic mass is 9.99. The van der Waals surface area contributed by atoms with E-state index in [9.17, 15) is 43.2 Å². The lowest BCUT2D eigenvalue weighted by Gasteiger charge is -2.21. The minimum Gasteiger partial charge on any atom is -0.462 e. The van der Waals surface area contributed by atoms with Crippen LogP contribution >= 0.6 is 15.6 Å². The Balaban J connectivity index is 5.21. The normalized spacial score (nSPS) is 14.2. The van der Waals surface area contributed by atoms with Crippen molar-refractivity contribution in [1.82, 2.24) is 0 Å². The summed E-state index contributed by atoms with van der Waals surface area (Å²) in [5, 5.41) is 10.6. The molecule has 0 rings (SSSR count). The number of unbranched alkanes of at least 4 members (excludes halogenated alkanes) is 49. The first-order valence-electron chi connectivity index (χ1n) is 42.0. The van der Waals surface area contributed by atoms with Crippen molar-refractivity contribution in [3.8, 4) is 0 Å². The number of hydrogen-bond donors (Lipinski definition) is 3. The Morgan fingerprint density at radius 2 is 0.510 bits per heavy atom.